The molecule has 4 heteroatoms. The van der Waals surface area contributed by atoms with E-state index in [2.05, 4.69) is 15.4 Å². The number of hydroxylamine groups is 1. The lowest BCUT2D eigenvalue weighted by Gasteiger charge is -2.04. The fourth-order valence-corrected chi connectivity index (χ4v) is 1.52. The topological polar surface area (TPSA) is 47.0 Å². The van der Waals surface area contributed by atoms with E-state index in [1.165, 1.54) is 0 Å². The minimum atomic E-state index is 0.565. The molecule has 0 saturated carbocycles. The van der Waals surface area contributed by atoms with Gasteiger partial charge in [-0.1, -0.05) is 0 Å². The Balaban J connectivity index is 2.49. The van der Waals surface area contributed by atoms with Gasteiger partial charge in [0.25, 0.3) is 5.88 Å². The van der Waals surface area contributed by atoms with Crippen molar-refractivity contribution in [2.24, 2.45) is 0 Å². The van der Waals surface area contributed by atoms with E-state index < -0.39 is 0 Å². The first-order chi connectivity index (χ1) is 6.95. The van der Waals surface area contributed by atoms with Crippen LogP contribution in [-0.4, -0.2) is 9.97 Å². The van der Waals surface area contributed by atoms with Crippen molar-refractivity contribution in [1.29, 1.82) is 0 Å². The van der Waals surface area contributed by atoms with Gasteiger partial charge in [0.1, 0.15) is 0 Å². The van der Waals surface area contributed by atoms with Crippen molar-refractivity contribution in [1.82, 2.24) is 15.4 Å². The Labute approximate surface area is 80.2 Å². The molecule has 2 aromatic heterocycles. The molecule has 0 bridgehead atoms. The zero-order valence-electron chi connectivity index (χ0n) is 7.27. The highest BCUT2D eigenvalue weighted by Gasteiger charge is 2.09. The van der Waals surface area contributed by atoms with Crippen molar-refractivity contribution in [2.75, 3.05) is 0 Å². The molecule has 3 heterocycles. The third-order valence-corrected chi connectivity index (χ3v) is 2.14. The molecule has 14 heavy (non-hydrogen) atoms. The fraction of sp³-hybridized carbons (Fsp3) is 0. The van der Waals surface area contributed by atoms with Crippen molar-refractivity contribution in [3.8, 4) is 5.88 Å². The second-order valence-electron chi connectivity index (χ2n) is 2.96. The molecule has 1 N–H and O–H groups in total. The number of pyridine rings is 2. The van der Waals surface area contributed by atoms with Crippen LogP contribution in [0.1, 0.15) is 5.56 Å². The molecule has 0 unspecified atom stereocenters. The molecule has 1 aliphatic rings. The quantitative estimate of drug-likeness (QED) is 0.675. The Morgan fingerprint density at radius 1 is 1.14 bits per heavy atom. The molecule has 0 aliphatic carbocycles. The fourth-order valence-electron chi connectivity index (χ4n) is 1.52. The average molecular weight is 185 g/mol. The minimum Gasteiger partial charge on any atom is -0.362 e. The summed E-state index contributed by atoms with van der Waals surface area (Å²) in [7, 11) is 0. The van der Waals surface area contributed by atoms with Gasteiger partial charge >= 0.3 is 0 Å². The van der Waals surface area contributed by atoms with E-state index in [0.717, 1.165) is 16.5 Å². The summed E-state index contributed by atoms with van der Waals surface area (Å²) in [6, 6.07) is 3.80. The Hall–Kier alpha value is -2.10. The maximum atomic E-state index is 5.23. The van der Waals surface area contributed by atoms with Gasteiger partial charge in [0, 0.05) is 18.6 Å². The normalized spacial score (nSPS) is 13.1. The Morgan fingerprint density at radius 3 is 3.07 bits per heavy atom. The van der Waals surface area contributed by atoms with Crippen LogP contribution in [0.5, 0.6) is 5.88 Å². The predicted octanol–water partition coefficient (Wildman–Crippen LogP) is 1.50. The molecule has 2 aromatic rings. The number of aromatic nitrogens is 2. The monoisotopic (exact) mass is 185 g/mol. The number of hydrogen-bond donors (Lipinski definition) is 1. The summed E-state index contributed by atoms with van der Waals surface area (Å²) in [4.78, 5) is 13.6. The van der Waals surface area contributed by atoms with Gasteiger partial charge < -0.3 is 4.84 Å². The molecule has 0 radical (unpaired) electrons. The van der Waals surface area contributed by atoms with Gasteiger partial charge in [0.2, 0.25) is 0 Å². The standard InChI is InChI=1S/C10H7N3O/c1-4-11-8-3-5-12-10-9(8)7(1)2-6-13-14-10/h1-6,13H. The lowest BCUT2D eigenvalue weighted by Crippen LogP contribution is -2.09. The van der Waals surface area contributed by atoms with Crippen LogP contribution in [-0.2, 0) is 0 Å². The molecular weight excluding hydrogens is 178 g/mol. The first-order valence-electron chi connectivity index (χ1n) is 4.28. The summed E-state index contributed by atoms with van der Waals surface area (Å²) in [6.45, 7) is 0. The SMILES string of the molecule is C1=Cc2ccnc3ccnc(c23)ON1. The molecule has 0 fully saturated rings. The number of nitrogens with one attached hydrogen (secondary N) is 1. The Kier molecular flexibility index (Phi) is 1.41. The molecule has 0 saturated heterocycles. The molecule has 0 atom stereocenters. The van der Waals surface area contributed by atoms with Gasteiger partial charge in [-0.2, -0.15) is 0 Å². The first-order valence-corrected chi connectivity index (χ1v) is 4.28. The third-order valence-electron chi connectivity index (χ3n) is 2.14. The molecular formula is C10H7N3O. The smallest absolute Gasteiger partial charge is 0.255 e. The number of nitrogens with zero attached hydrogens (tertiary/aromatic N) is 2. The van der Waals surface area contributed by atoms with E-state index in [1.54, 1.807) is 18.6 Å². The van der Waals surface area contributed by atoms with Crippen LogP contribution in [0.15, 0.2) is 30.7 Å². The van der Waals surface area contributed by atoms with Crippen LogP contribution in [0.3, 0.4) is 0 Å². The van der Waals surface area contributed by atoms with E-state index in [-0.39, 0.29) is 0 Å². The lowest BCUT2D eigenvalue weighted by molar-refractivity contribution is 0.238. The first kappa shape index (κ1) is 7.32. The second kappa shape index (κ2) is 2.70. The third kappa shape index (κ3) is 0.939. The molecule has 68 valence electrons. The molecule has 3 rings (SSSR count). The van der Waals surface area contributed by atoms with E-state index in [4.69, 9.17) is 4.84 Å². The van der Waals surface area contributed by atoms with Gasteiger partial charge in [0.05, 0.1) is 10.9 Å². The maximum absolute atomic E-state index is 5.23. The van der Waals surface area contributed by atoms with Crippen LogP contribution < -0.4 is 10.3 Å². The van der Waals surface area contributed by atoms with E-state index >= 15 is 0 Å². The van der Waals surface area contributed by atoms with Crippen molar-refractivity contribution in [2.45, 2.75) is 0 Å². The van der Waals surface area contributed by atoms with E-state index in [1.807, 2.05) is 18.2 Å². The predicted molar refractivity (Wildman–Crippen MR) is 52.3 cm³/mol. The van der Waals surface area contributed by atoms with E-state index in [9.17, 15) is 0 Å². The summed E-state index contributed by atoms with van der Waals surface area (Å²) in [6.07, 6.45) is 7.12. The van der Waals surface area contributed by atoms with Crippen LogP contribution >= 0.6 is 0 Å². The maximum Gasteiger partial charge on any atom is 0.255 e. The summed E-state index contributed by atoms with van der Waals surface area (Å²) in [5.74, 6) is 0.565. The molecule has 1 aliphatic heterocycles. The summed E-state index contributed by atoms with van der Waals surface area (Å²) < 4.78 is 0. The number of hydrogen-bond acceptors (Lipinski definition) is 4. The Morgan fingerprint density at radius 2 is 2.07 bits per heavy atom. The summed E-state index contributed by atoms with van der Waals surface area (Å²) in [5, 5.41) is 0.941. The summed E-state index contributed by atoms with van der Waals surface area (Å²) in [5.41, 5.74) is 4.63. The molecule has 0 aromatic carbocycles. The Bertz CT molecular complexity index is 517. The van der Waals surface area contributed by atoms with Crippen molar-refractivity contribution in [3.05, 3.63) is 36.3 Å². The molecule has 0 amide bonds. The highest BCUT2D eigenvalue weighted by Crippen LogP contribution is 2.26. The van der Waals surface area contributed by atoms with Gasteiger partial charge in [-0.25, -0.2) is 10.5 Å². The molecule has 0 spiro atoms. The van der Waals surface area contributed by atoms with Gasteiger partial charge in [-0.3, -0.25) is 4.98 Å². The van der Waals surface area contributed by atoms with Crippen molar-refractivity contribution < 1.29 is 4.84 Å². The van der Waals surface area contributed by atoms with Crippen molar-refractivity contribution >= 4 is 17.0 Å². The average Bonchev–Trinajstić information content (AvgIpc) is 2.44. The van der Waals surface area contributed by atoms with Gasteiger partial charge in [0.15, 0.2) is 0 Å². The zero-order chi connectivity index (χ0) is 9.38. The second-order valence-corrected chi connectivity index (χ2v) is 2.96. The lowest BCUT2D eigenvalue weighted by atomic mass is 10.1. The van der Waals surface area contributed by atoms with Crippen LogP contribution in [0, 0.1) is 0 Å². The highest BCUT2D eigenvalue weighted by atomic mass is 16.7. The zero-order valence-corrected chi connectivity index (χ0v) is 7.27. The number of rotatable bonds is 0. The van der Waals surface area contributed by atoms with Gasteiger partial charge in [-0.15, -0.1) is 0 Å². The van der Waals surface area contributed by atoms with Crippen LogP contribution in [0.2, 0.25) is 0 Å². The van der Waals surface area contributed by atoms with E-state index in [0.29, 0.717) is 5.88 Å². The summed E-state index contributed by atoms with van der Waals surface area (Å²) >= 11 is 0. The van der Waals surface area contributed by atoms with Crippen LogP contribution in [0.4, 0.5) is 0 Å². The largest absolute Gasteiger partial charge is 0.362 e. The molecule has 4 nitrogen and oxygen atoms in total. The van der Waals surface area contributed by atoms with Crippen LogP contribution in [0.25, 0.3) is 17.0 Å². The van der Waals surface area contributed by atoms with Crippen molar-refractivity contribution in [3.63, 3.8) is 0 Å². The minimum absolute atomic E-state index is 0.565. The highest BCUT2D eigenvalue weighted by molar-refractivity contribution is 5.91. The van der Waals surface area contributed by atoms with Gasteiger partial charge in [-0.05, 0) is 23.8 Å².